The van der Waals surface area contributed by atoms with Crippen LogP contribution in [0.15, 0.2) is 0 Å². The number of imide groups is 1. The summed E-state index contributed by atoms with van der Waals surface area (Å²) in [6, 6.07) is 0. The summed E-state index contributed by atoms with van der Waals surface area (Å²) in [5.74, 6) is -1.99. The molecule has 0 saturated carbocycles. The summed E-state index contributed by atoms with van der Waals surface area (Å²) in [5.41, 5.74) is 0. The van der Waals surface area contributed by atoms with Gasteiger partial charge in [0.2, 0.25) is 5.91 Å². The van der Waals surface area contributed by atoms with E-state index >= 15 is 0 Å². The molecular formula is C20H33NO7. The van der Waals surface area contributed by atoms with Gasteiger partial charge < -0.3 is 24.1 Å². The van der Waals surface area contributed by atoms with Crippen molar-refractivity contribution in [1.82, 2.24) is 4.90 Å². The second kappa shape index (κ2) is 8.65. The molecule has 3 rings (SSSR count). The number of carbonyl (C=O) groups is 2. The van der Waals surface area contributed by atoms with Crippen LogP contribution in [0.4, 0.5) is 4.79 Å². The Morgan fingerprint density at radius 1 is 1.25 bits per heavy atom. The Bertz CT molecular complexity index is 581. The minimum absolute atomic E-state index is 0.306. The highest BCUT2D eigenvalue weighted by Gasteiger charge is 2.61. The molecule has 8 heteroatoms. The Kier molecular flexibility index (Phi) is 6.64. The van der Waals surface area contributed by atoms with Crippen LogP contribution >= 0.6 is 0 Å². The lowest BCUT2D eigenvalue weighted by Gasteiger charge is -2.37. The third-order valence-corrected chi connectivity index (χ3v) is 5.80. The Morgan fingerprint density at radius 2 is 1.96 bits per heavy atom. The van der Waals surface area contributed by atoms with Gasteiger partial charge in [0.25, 0.3) is 0 Å². The van der Waals surface area contributed by atoms with E-state index in [0.717, 1.165) is 30.6 Å². The first-order valence-electron chi connectivity index (χ1n) is 10.4. The SMILES string of the molecule is CCCCCCC[C@H](O)[C@@H](C)C(=O)N1C(=O)O[C@@H]2[C@H]3OC(C)(C)OC[C@H]3O[C@@H]21. The van der Waals surface area contributed by atoms with E-state index in [9.17, 15) is 14.7 Å². The van der Waals surface area contributed by atoms with Crippen molar-refractivity contribution < 1.29 is 33.6 Å². The lowest BCUT2D eigenvalue weighted by Crippen LogP contribution is -2.50. The number of nitrogens with zero attached hydrogens (tertiary/aromatic N) is 1. The van der Waals surface area contributed by atoms with Crippen molar-refractivity contribution >= 4 is 12.0 Å². The molecular weight excluding hydrogens is 366 g/mol. The molecule has 3 fully saturated rings. The number of hydrogen-bond donors (Lipinski definition) is 1. The monoisotopic (exact) mass is 399 g/mol. The number of unbranched alkanes of at least 4 members (excludes halogenated alkanes) is 4. The topological polar surface area (TPSA) is 94.5 Å². The maximum atomic E-state index is 12.9. The van der Waals surface area contributed by atoms with Crippen LogP contribution < -0.4 is 0 Å². The van der Waals surface area contributed by atoms with Gasteiger partial charge in [-0.05, 0) is 20.3 Å². The van der Waals surface area contributed by atoms with E-state index in [-0.39, 0.29) is 0 Å². The molecule has 6 atom stereocenters. The summed E-state index contributed by atoms with van der Waals surface area (Å²) in [5, 5.41) is 10.4. The Hall–Kier alpha value is -1.22. The number of hydrogen-bond acceptors (Lipinski definition) is 7. The summed E-state index contributed by atoms with van der Waals surface area (Å²) in [4.78, 5) is 26.3. The first-order valence-corrected chi connectivity index (χ1v) is 10.4. The molecule has 0 aromatic carbocycles. The summed E-state index contributed by atoms with van der Waals surface area (Å²) >= 11 is 0. The van der Waals surface area contributed by atoms with Crippen molar-refractivity contribution in [1.29, 1.82) is 0 Å². The van der Waals surface area contributed by atoms with Crippen molar-refractivity contribution in [2.24, 2.45) is 5.92 Å². The van der Waals surface area contributed by atoms with Gasteiger partial charge in [0, 0.05) is 0 Å². The average molecular weight is 399 g/mol. The lowest BCUT2D eigenvalue weighted by molar-refractivity contribution is -0.301. The highest BCUT2D eigenvalue weighted by Crippen LogP contribution is 2.40. The van der Waals surface area contributed by atoms with Gasteiger partial charge in [-0.15, -0.1) is 0 Å². The highest BCUT2D eigenvalue weighted by atomic mass is 16.8. The summed E-state index contributed by atoms with van der Waals surface area (Å²) in [6.45, 7) is 7.67. The molecule has 0 unspecified atom stereocenters. The number of rotatable bonds is 8. The van der Waals surface area contributed by atoms with Gasteiger partial charge in [0.05, 0.1) is 18.6 Å². The molecule has 0 aromatic rings. The Balaban J connectivity index is 1.58. The molecule has 2 amide bonds. The molecule has 0 radical (unpaired) electrons. The van der Waals surface area contributed by atoms with Crippen molar-refractivity contribution in [2.75, 3.05) is 6.61 Å². The van der Waals surface area contributed by atoms with E-state index in [1.165, 1.54) is 6.42 Å². The van der Waals surface area contributed by atoms with Crippen LogP contribution in [0.5, 0.6) is 0 Å². The number of fused-ring (bicyclic) bond motifs is 3. The van der Waals surface area contributed by atoms with Gasteiger partial charge >= 0.3 is 6.09 Å². The maximum Gasteiger partial charge on any atom is 0.419 e. The Morgan fingerprint density at radius 3 is 2.68 bits per heavy atom. The van der Waals surface area contributed by atoms with Crippen molar-refractivity contribution in [2.45, 2.75) is 103 Å². The van der Waals surface area contributed by atoms with Crippen molar-refractivity contribution in [3.63, 3.8) is 0 Å². The van der Waals surface area contributed by atoms with Crippen LogP contribution in [0.25, 0.3) is 0 Å². The summed E-state index contributed by atoms with van der Waals surface area (Å²) < 4.78 is 22.7. The molecule has 3 saturated heterocycles. The van der Waals surface area contributed by atoms with Gasteiger partial charge in [-0.3, -0.25) is 4.79 Å². The summed E-state index contributed by atoms with van der Waals surface area (Å²) in [7, 11) is 0. The molecule has 160 valence electrons. The molecule has 0 bridgehead atoms. The number of aliphatic hydroxyl groups is 1. The Labute approximate surface area is 166 Å². The second-order valence-electron chi connectivity index (χ2n) is 8.47. The predicted octanol–water partition coefficient (Wildman–Crippen LogP) is 2.57. The quantitative estimate of drug-likeness (QED) is 0.627. The maximum absolute atomic E-state index is 12.9. The zero-order valence-corrected chi connectivity index (χ0v) is 17.3. The van der Waals surface area contributed by atoms with Crippen LogP contribution in [-0.4, -0.2) is 65.0 Å². The van der Waals surface area contributed by atoms with E-state index < -0.39 is 54.3 Å². The van der Waals surface area contributed by atoms with Gasteiger partial charge in [0.15, 0.2) is 18.1 Å². The van der Waals surface area contributed by atoms with E-state index in [0.29, 0.717) is 13.0 Å². The number of amides is 2. The lowest BCUT2D eigenvalue weighted by atomic mass is 9.97. The van der Waals surface area contributed by atoms with Crippen LogP contribution in [-0.2, 0) is 23.7 Å². The fourth-order valence-electron chi connectivity index (χ4n) is 4.05. The van der Waals surface area contributed by atoms with Gasteiger partial charge in [-0.25, -0.2) is 9.69 Å². The van der Waals surface area contributed by atoms with Crippen LogP contribution in [0.1, 0.15) is 66.2 Å². The molecule has 0 aliphatic carbocycles. The standard InChI is InChI=1S/C20H33NO7/c1-5-6-7-8-9-10-13(22)12(2)17(23)21-18-16(27-19(21)24)15-14(26-18)11-25-20(3,4)28-15/h12-16,18,22H,5-11H2,1-4H3/t12-,13+,14-,15+,16-,18+/m1/s1. The van der Waals surface area contributed by atoms with Crippen LogP contribution in [0.3, 0.4) is 0 Å². The van der Waals surface area contributed by atoms with Crippen LogP contribution in [0.2, 0.25) is 0 Å². The summed E-state index contributed by atoms with van der Waals surface area (Å²) in [6.07, 6.45) is 1.94. The fourth-order valence-corrected chi connectivity index (χ4v) is 4.05. The highest BCUT2D eigenvalue weighted by molar-refractivity contribution is 5.95. The first kappa shape index (κ1) is 21.5. The van der Waals surface area contributed by atoms with E-state index in [2.05, 4.69) is 6.92 Å². The van der Waals surface area contributed by atoms with Gasteiger partial charge in [-0.1, -0.05) is 46.0 Å². The van der Waals surface area contributed by atoms with E-state index in [4.69, 9.17) is 18.9 Å². The minimum atomic E-state index is -0.841. The smallest absolute Gasteiger partial charge is 0.419 e. The second-order valence-corrected chi connectivity index (χ2v) is 8.47. The van der Waals surface area contributed by atoms with Gasteiger partial charge in [0.1, 0.15) is 12.2 Å². The molecule has 0 aromatic heterocycles. The molecule has 3 aliphatic heterocycles. The van der Waals surface area contributed by atoms with Gasteiger partial charge in [-0.2, -0.15) is 0 Å². The fraction of sp³-hybridized carbons (Fsp3) is 0.900. The molecule has 1 N–H and O–H groups in total. The molecule has 3 aliphatic rings. The largest absolute Gasteiger partial charge is 0.438 e. The average Bonchev–Trinajstić information content (AvgIpc) is 3.13. The molecule has 28 heavy (non-hydrogen) atoms. The zero-order chi connectivity index (χ0) is 20.5. The number of carbonyl (C=O) groups excluding carboxylic acids is 2. The minimum Gasteiger partial charge on any atom is -0.438 e. The molecule has 0 spiro atoms. The number of ether oxygens (including phenoxy) is 4. The predicted molar refractivity (Wildman–Crippen MR) is 99.2 cm³/mol. The third kappa shape index (κ3) is 4.35. The first-order chi connectivity index (χ1) is 13.2. The molecule has 3 heterocycles. The van der Waals surface area contributed by atoms with Crippen molar-refractivity contribution in [3.05, 3.63) is 0 Å². The van der Waals surface area contributed by atoms with Crippen LogP contribution in [0, 0.1) is 5.92 Å². The third-order valence-electron chi connectivity index (χ3n) is 5.80. The van der Waals surface area contributed by atoms with E-state index in [1.54, 1.807) is 20.8 Å². The zero-order valence-electron chi connectivity index (χ0n) is 17.3. The number of aliphatic hydroxyl groups excluding tert-OH is 1. The van der Waals surface area contributed by atoms with Crippen molar-refractivity contribution in [3.8, 4) is 0 Å². The molecule has 8 nitrogen and oxygen atoms in total. The normalized spacial score (nSPS) is 33.2. The van der Waals surface area contributed by atoms with E-state index in [1.807, 2.05) is 0 Å².